The van der Waals surface area contributed by atoms with E-state index in [0.29, 0.717) is 42.9 Å². The fraction of sp³-hybridized carbons (Fsp3) is 0.273. The van der Waals surface area contributed by atoms with Crippen LogP contribution in [0.15, 0.2) is 95.0 Å². The molecule has 6 rings (SSSR count). The Kier molecular flexibility index (Phi) is 7.93. The Bertz CT molecular complexity index is 1630. The molecule has 0 fully saturated rings. The number of amides is 1. The molecule has 1 N–H and O–H groups in total. The van der Waals surface area contributed by atoms with Crippen molar-refractivity contribution in [3.8, 4) is 23.0 Å². The number of aliphatic hydroxyl groups is 1. The van der Waals surface area contributed by atoms with Gasteiger partial charge < -0.3 is 28.7 Å². The SMILES string of the molecule is C=CC[C@@]12N=C(c3ccc(OCCCO)cc3)O[C@@H]1c1ccccc1CN(Cc1noc(-c3ccc(OC)cc3)n1)C2=O. The summed E-state index contributed by atoms with van der Waals surface area (Å²) in [5.74, 6) is 2.30. The molecule has 10 nitrogen and oxygen atoms in total. The molecule has 43 heavy (non-hydrogen) atoms. The second-order valence-electron chi connectivity index (χ2n) is 10.4. The smallest absolute Gasteiger partial charge is 0.257 e. The maximum absolute atomic E-state index is 14.5. The van der Waals surface area contributed by atoms with Gasteiger partial charge in [0.1, 0.15) is 11.5 Å². The van der Waals surface area contributed by atoms with E-state index in [1.165, 1.54) is 0 Å². The quantitative estimate of drug-likeness (QED) is 0.197. The van der Waals surface area contributed by atoms with Gasteiger partial charge in [-0.15, -0.1) is 6.58 Å². The van der Waals surface area contributed by atoms with Gasteiger partial charge in [-0.05, 0) is 54.1 Å². The van der Waals surface area contributed by atoms with Crippen molar-refractivity contribution in [1.82, 2.24) is 15.0 Å². The van der Waals surface area contributed by atoms with E-state index in [-0.39, 0.29) is 25.5 Å². The molecule has 0 unspecified atom stereocenters. The molecular weight excluding hydrogens is 548 g/mol. The average Bonchev–Trinajstić information content (AvgIpc) is 3.65. The lowest BCUT2D eigenvalue weighted by molar-refractivity contribution is -0.140. The van der Waals surface area contributed by atoms with Crippen molar-refractivity contribution < 1.29 is 28.6 Å². The van der Waals surface area contributed by atoms with Gasteiger partial charge in [-0.2, -0.15) is 4.98 Å². The number of carbonyl (C=O) groups is 1. The summed E-state index contributed by atoms with van der Waals surface area (Å²) in [4.78, 5) is 25.8. The molecule has 0 radical (unpaired) electrons. The number of benzene rings is 3. The van der Waals surface area contributed by atoms with Gasteiger partial charge in [-0.25, -0.2) is 4.99 Å². The van der Waals surface area contributed by atoms with Gasteiger partial charge in [-0.1, -0.05) is 35.5 Å². The first-order chi connectivity index (χ1) is 21.0. The predicted octanol–water partition coefficient (Wildman–Crippen LogP) is 4.88. The number of aliphatic hydroxyl groups excluding tert-OH is 1. The van der Waals surface area contributed by atoms with Crippen LogP contribution in [0.3, 0.4) is 0 Å². The number of rotatable bonds is 11. The Labute approximate surface area is 249 Å². The number of aliphatic imine (C=N–C) groups is 1. The summed E-state index contributed by atoms with van der Waals surface area (Å²) < 4.78 is 23.0. The summed E-state index contributed by atoms with van der Waals surface area (Å²) >= 11 is 0. The van der Waals surface area contributed by atoms with Crippen LogP contribution in [0.25, 0.3) is 11.5 Å². The van der Waals surface area contributed by atoms with Gasteiger partial charge in [0.05, 0.1) is 20.3 Å². The van der Waals surface area contributed by atoms with Gasteiger partial charge in [0.15, 0.2) is 17.5 Å². The molecule has 2 aliphatic heterocycles. The van der Waals surface area contributed by atoms with Crippen LogP contribution in [0.1, 0.15) is 41.5 Å². The molecule has 2 atom stereocenters. The largest absolute Gasteiger partial charge is 0.497 e. The molecular formula is C33H32N4O6. The molecule has 220 valence electrons. The molecule has 0 saturated carbocycles. The number of fused-ring (bicyclic) bond motifs is 3. The Hall–Kier alpha value is -4.96. The summed E-state index contributed by atoms with van der Waals surface area (Å²) in [5.41, 5.74) is 2.07. The van der Waals surface area contributed by atoms with E-state index < -0.39 is 11.6 Å². The highest BCUT2D eigenvalue weighted by Crippen LogP contribution is 2.47. The van der Waals surface area contributed by atoms with Crippen molar-refractivity contribution in [3.05, 3.63) is 108 Å². The van der Waals surface area contributed by atoms with Crippen LogP contribution in [0.5, 0.6) is 11.5 Å². The second-order valence-corrected chi connectivity index (χ2v) is 10.4. The normalized spacial score (nSPS) is 19.1. The standard InChI is InChI=1S/C33H32N4O6/c1-3-17-33-29(42-31(35-33)23-11-15-26(16-12-23)41-19-6-18-38)27-8-5-4-7-24(27)20-37(32(33)39)21-28-34-30(43-36-28)22-9-13-25(40-2)14-10-22/h3-5,7-16,29,38H,1,6,17-21H2,2H3/t29-,33-/m1/s1. The van der Waals surface area contributed by atoms with Crippen LogP contribution in [0.4, 0.5) is 0 Å². The average molecular weight is 581 g/mol. The van der Waals surface area contributed by atoms with Crippen LogP contribution in [-0.2, 0) is 22.6 Å². The minimum atomic E-state index is -1.26. The van der Waals surface area contributed by atoms with E-state index in [0.717, 1.165) is 28.0 Å². The highest BCUT2D eigenvalue weighted by molar-refractivity contribution is 6.01. The summed E-state index contributed by atoms with van der Waals surface area (Å²) in [6.07, 6.45) is 1.89. The number of hydrogen-bond acceptors (Lipinski definition) is 9. The number of methoxy groups -OCH3 is 1. The lowest BCUT2D eigenvalue weighted by atomic mass is 9.84. The maximum Gasteiger partial charge on any atom is 0.257 e. The van der Waals surface area contributed by atoms with Crippen molar-refractivity contribution >= 4 is 11.8 Å². The third kappa shape index (κ3) is 5.49. The molecule has 0 saturated heterocycles. The molecule has 0 aliphatic carbocycles. The van der Waals surface area contributed by atoms with Crippen molar-refractivity contribution in [2.45, 2.75) is 37.6 Å². The second kappa shape index (κ2) is 12.1. The Morgan fingerprint density at radius 3 is 2.56 bits per heavy atom. The summed E-state index contributed by atoms with van der Waals surface area (Å²) in [6, 6.07) is 22.6. The van der Waals surface area contributed by atoms with Crippen molar-refractivity contribution in [1.29, 1.82) is 0 Å². The Morgan fingerprint density at radius 1 is 1.07 bits per heavy atom. The van der Waals surface area contributed by atoms with Gasteiger partial charge in [0, 0.05) is 42.7 Å². The highest BCUT2D eigenvalue weighted by atomic mass is 16.5. The number of nitrogens with zero attached hydrogens (tertiary/aromatic N) is 4. The lowest BCUT2D eigenvalue weighted by Crippen LogP contribution is -2.47. The van der Waals surface area contributed by atoms with Crippen molar-refractivity contribution in [3.63, 3.8) is 0 Å². The molecule has 4 aromatic rings. The summed E-state index contributed by atoms with van der Waals surface area (Å²) in [7, 11) is 1.61. The molecule has 3 aromatic carbocycles. The first-order valence-electron chi connectivity index (χ1n) is 14.1. The first-order valence-corrected chi connectivity index (χ1v) is 14.1. The highest BCUT2D eigenvalue weighted by Gasteiger charge is 2.56. The molecule has 0 spiro atoms. The zero-order valence-electron chi connectivity index (χ0n) is 23.8. The van der Waals surface area contributed by atoms with E-state index in [1.807, 2.05) is 72.8 Å². The minimum absolute atomic E-state index is 0.0680. The van der Waals surface area contributed by atoms with Crippen molar-refractivity contribution in [2.75, 3.05) is 20.3 Å². The van der Waals surface area contributed by atoms with Gasteiger partial charge in [0.25, 0.3) is 11.8 Å². The molecule has 0 bridgehead atoms. The lowest BCUT2D eigenvalue weighted by Gasteiger charge is -2.31. The van der Waals surface area contributed by atoms with E-state index >= 15 is 0 Å². The predicted molar refractivity (Wildman–Crippen MR) is 159 cm³/mol. The molecule has 3 heterocycles. The summed E-state index contributed by atoms with van der Waals surface area (Å²) in [6.45, 7) is 4.91. The van der Waals surface area contributed by atoms with Gasteiger partial charge >= 0.3 is 0 Å². The van der Waals surface area contributed by atoms with Gasteiger partial charge in [0.2, 0.25) is 5.90 Å². The molecule has 1 amide bonds. The van der Waals surface area contributed by atoms with E-state index in [1.54, 1.807) is 18.1 Å². The molecule has 1 aromatic heterocycles. The van der Waals surface area contributed by atoms with Crippen LogP contribution < -0.4 is 9.47 Å². The van der Waals surface area contributed by atoms with Crippen LogP contribution >= 0.6 is 0 Å². The fourth-order valence-electron chi connectivity index (χ4n) is 5.45. The first kappa shape index (κ1) is 28.2. The third-order valence-corrected chi connectivity index (χ3v) is 7.59. The zero-order chi connectivity index (χ0) is 29.8. The van der Waals surface area contributed by atoms with Gasteiger partial charge in [-0.3, -0.25) is 4.79 Å². The van der Waals surface area contributed by atoms with Crippen molar-refractivity contribution in [2.24, 2.45) is 4.99 Å². The molecule has 2 aliphatic rings. The third-order valence-electron chi connectivity index (χ3n) is 7.59. The number of hydrogen-bond donors (Lipinski definition) is 1. The number of ether oxygens (including phenoxy) is 3. The number of carbonyl (C=O) groups excluding carboxylic acids is 1. The van der Waals surface area contributed by atoms with Crippen LogP contribution in [-0.4, -0.2) is 57.8 Å². The minimum Gasteiger partial charge on any atom is -0.497 e. The topological polar surface area (TPSA) is 120 Å². The van der Waals surface area contributed by atoms with E-state index in [4.69, 9.17) is 28.8 Å². The van der Waals surface area contributed by atoms with Crippen LogP contribution in [0, 0.1) is 0 Å². The maximum atomic E-state index is 14.5. The van der Waals surface area contributed by atoms with E-state index in [9.17, 15) is 4.79 Å². The summed E-state index contributed by atoms with van der Waals surface area (Å²) in [5, 5.41) is 13.2. The van der Waals surface area contributed by atoms with E-state index in [2.05, 4.69) is 16.7 Å². The molecule has 10 heteroatoms. The monoisotopic (exact) mass is 580 g/mol. The fourth-order valence-corrected chi connectivity index (χ4v) is 5.45. The Morgan fingerprint density at radius 2 is 1.81 bits per heavy atom. The number of aromatic nitrogens is 2. The Balaban J connectivity index is 1.32. The van der Waals surface area contributed by atoms with Crippen LogP contribution in [0.2, 0.25) is 0 Å². The zero-order valence-corrected chi connectivity index (χ0v) is 23.8.